The molecule has 1 heterocycles. The van der Waals surface area contributed by atoms with Crippen molar-refractivity contribution in [1.82, 2.24) is 9.80 Å². The first-order chi connectivity index (χ1) is 18.8. The van der Waals surface area contributed by atoms with Crippen LogP contribution in [0, 0.1) is 11.8 Å². The first kappa shape index (κ1) is 29.6. The third-order valence-electron chi connectivity index (χ3n) is 7.17. The highest BCUT2D eigenvalue weighted by Gasteiger charge is 2.38. The monoisotopic (exact) mass is 562 g/mol. The quantitative estimate of drug-likeness (QED) is 0.262. The SMILES string of the molecule is CC(C)CN(C[C@H]1CN(Cc2cccc(C(F)(F)F)c2)C[C@@H]1c1cccc(C(F)(F)F)c1)C(=O)c1ccccc1. The molecule has 214 valence electrons. The van der Waals surface area contributed by atoms with E-state index in [4.69, 9.17) is 0 Å². The van der Waals surface area contributed by atoms with Crippen molar-refractivity contribution in [3.63, 3.8) is 0 Å². The molecule has 2 atom stereocenters. The highest BCUT2D eigenvalue weighted by molar-refractivity contribution is 5.94. The molecule has 3 nitrogen and oxygen atoms in total. The van der Waals surface area contributed by atoms with Crippen molar-refractivity contribution in [2.45, 2.75) is 38.7 Å². The van der Waals surface area contributed by atoms with E-state index in [1.54, 1.807) is 41.3 Å². The fourth-order valence-corrected chi connectivity index (χ4v) is 5.43. The Morgan fingerprint density at radius 2 is 1.48 bits per heavy atom. The lowest BCUT2D eigenvalue weighted by molar-refractivity contribution is -0.138. The second kappa shape index (κ2) is 12.0. The van der Waals surface area contributed by atoms with Crippen molar-refractivity contribution >= 4 is 5.91 Å². The van der Waals surface area contributed by atoms with Gasteiger partial charge in [0.05, 0.1) is 11.1 Å². The van der Waals surface area contributed by atoms with Crippen LogP contribution >= 0.6 is 0 Å². The van der Waals surface area contributed by atoms with Gasteiger partial charge < -0.3 is 4.90 Å². The number of likely N-dealkylation sites (tertiary alicyclic amines) is 1. The first-order valence-electron chi connectivity index (χ1n) is 13.2. The highest BCUT2D eigenvalue weighted by Crippen LogP contribution is 2.38. The Morgan fingerprint density at radius 1 is 0.850 bits per heavy atom. The average Bonchev–Trinajstić information content (AvgIpc) is 3.29. The number of hydrogen-bond donors (Lipinski definition) is 0. The molecule has 3 aromatic carbocycles. The third-order valence-corrected chi connectivity index (χ3v) is 7.17. The zero-order valence-electron chi connectivity index (χ0n) is 22.3. The molecule has 0 bridgehead atoms. The molecule has 0 aromatic heterocycles. The molecule has 1 fully saturated rings. The lowest BCUT2D eigenvalue weighted by Crippen LogP contribution is -2.39. The molecule has 4 rings (SSSR count). The number of benzene rings is 3. The number of hydrogen-bond acceptors (Lipinski definition) is 2. The zero-order valence-corrected chi connectivity index (χ0v) is 22.3. The van der Waals surface area contributed by atoms with Gasteiger partial charge in [-0.15, -0.1) is 0 Å². The standard InChI is InChI=1S/C31H32F6N2O/c1-21(2)16-39(29(40)23-9-4-3-5-10-23)19-25-18-38(17-22-8-6-12-26(14-22)30(32,33)34)20-28(25)24-11-7-13-27(15-24)31(35,36)37/h3-15,21,25,28H,16-20H2,1-2H3/t25-,28-/m1/s1. The van der Waals surface area contributed by atoms with E-state index in [1.807, 2.05) is 24.8 Å². The second-order valence-corrected chi connectivity index (χ2v) is 10.9. The smallest absolute Gasteiger partial charge is 0.338 e. The largest absolute Gasteiger partial charge is 0.416 e. The third kappa shape index (κ3) is 7.44. The number of alkyl halides is 6. The average molecular weight is 563 g/mol. The molecule has 3 aromatic rings. The second-order valence-electron chi connectivity index (χ2n) is 10.9. The lowest BCUT2D eigenvalue weighted by atomic mass is 9.87. The van der Waals surface area contributed by atoms with Gasteiger partial charge >= 0.3 is 12.4 Å². The van der Waals surface area contributed by atoms with E-state index in [0.717, 1.165) is 24.3 Å². The van der Waals surface area contributed by atoms with Gasteiger partial charge in [0, 0.05) is 44.2 Å². The predicted octanol–water partition coefficient (Wildman–Crippen LogP) is 7.74. The van der Waals surface area contributed by atoms with Crippen LogP contribution in [0.3, 0.4) is 0 Å². The van der Waals surface area contributed by atoms with Crippen LogP contribution in [0.25, 0.3) is 0 Å². The van der Waals surface area contributed by atoms with Crippen LogP contribution in [-0.2, 0) is 18.9 Å². The van der Waals surface area contributed by atoms with Gasteiger partial charge in [0.1, 0.15) is 0 Å². The van der Waals surface area contributed by atoms with Gasteiger partial charge in [0.15, 0.2) is 0 Å². The molecule has 9 heteroatoms. The molecule has 1 amide bonds. The maximum atomic E-state index is 13.5. The summed E-state index contributed by atoms with van der Waals surface area (Å²) in [4.78, 5) is 17.2. The minimum Gasteiger partial charge on any atom is -0.338 e. The molecule has 40 heavy (non-hydrogen) atoms. The Bertz CT molecular complexity index is 1290. The van der Waals surface area contributed by atoms with E-state index >= 15 is 0 Å². The van der Waals surface area contributed by atoms with E-state index in [0.29, 0.717) is 42.9 Å². The van der Waals surface area contributed by atoms with E-state index < -0.39 is 23.5 Å². The van der Waals surface area contributed by atoms with E-state index in [2.05, 4.69) is 0 Å². The van der Waals surface area contributed by atoms with Crippen molar-refractivity contribution in [2.24, 2.45) is 11.8 Å². The summed E-state index contributed by atoms with van der Waals surface area (Å²) in [6.45, 7) is 5.76. The Labute approximate surface area is 230 Å². The van der Waals surface area contributed by atoms with E-state index in [9.17, 15) is 31.1 Å². The minimum atomic E-state index is -4.51. The van der Waals surface area contributed by atoms with Crippen molar-refractivity contribution in [3.8, 4) is 0 Å². The molecule has 0 aliphatic carbocycles. The van der Waals surface area contributed by atoms with Gasteiger partial charge in [-0.25, -0.2) is 0 Å². The zero-order chi connectivity index (χ0) is 29.1. The molecule has 1 saturated heterocycles. The maximum Gasteiger partial charge on any atom is 0.416 e. The van der Waals surface area contributed by atoms with Crippen molar-refractivity contribution < 1.29 is 31.1 Å². The van der Waals surface area contributed by atoms with Crippen LogP contribution in [0.5, 0.6) is 0 Å². The van der Waals surface area contributed by atoms with Crippen molar-refractivity contribution in [3.05, 3.63) is 107 Å². The van der Waals surface area contributed by atoms with Gasteiger partial charge in [0.25, 0.3) is 5.91 Å². The van der Waals surface area contributed by atoms with Gasteiger partial charge in [-0.1, -0.05) is 68.4 Å². The minimum absolute atomic E-state index is 0.155. The molecule has 0 unspecified atom stereocenters. The normalized spacial score (nSPS) is 18.3. The number of carbonyl (C=O) groups is 1. The van der Waals surface area contributed by atoms with Gasteiger partial charge in [-0.2, -0.15) is 26.3 Å². The summed E-state index contributed by atoms with van der Waals surface area (Å²) in [6, 6.07) is 19.1. The van der Waals surface area contributed by atoms with Crippen LogP contribution in [0.4, 0.5) is 26.3 Å². The number of carbonyl (C=O) groups excluding carboxylic acids is 1. The first-order valence-corrected chi connectivity index (χ1v) is 13.2. The summed E-state index contributed by atoms with van der Waals surface area (Å²) >= 11 is 0. The Kier molecular flexibility index (Phi) is 8.93. The van der Waals surface area contributed by atoms with Gasteiger partial charge in [-0.3, -0.25) is 9.69 Å². The van der Waals surface area contributed by atoms with Crippen LogP contribution in [-0.4, -0.2) is 41.9 Å². The fourth-order valence-electron chi connectivity index (χ4n) is 5.43. The molecule has 1 aliphatic rings. The van der Waals surface area contributed by atoms with E-state index in [-0.39, 0.29) is 30.2 Å². The van der Waals surface area contributed by atoms with Crippen LogP contribution in [0.2, 0.25) is 0 Å². The number of nitrogens with zero attached hydrogens (tertiary/aromatic N) is 2. The fraction of sp³-hybridized carbons (Fsp3) is 0.387. The molecule has 1 aliphatic heterocycles. The highest BCUT2D eigenvalue weighted by atomic mass is 19.4. The van der Waals surface area contributed by atoms with Crippen LogP contribution in [0.1, 0.15) is 52.4 Å². The summed E-state index contributed by atoms with van der Waals surface area (Å²) in [5, 5.41) is 0. The lowest BCUT2D eigenvalue weighted by Gasteiger charge is -2.30. The molecule has 0 radical (unpaired) electrons. The Morgan fingerprint density at radius 3 is 2.10 bits per heavy atom. The van der Waals surface area contributed by atoms with Gasteiger partial charge in [0.2, 0.25) is 0 Å². The topological polar surface area (TPSA) is 23.6 Å². The van der Waals surface area contributed by atoms with Crippen LogP contribution in [0.15, 0.2) is 78.9 Å². The summed E-state index contributed by atoms with van der Waals surface area (Å²) < 4.78 is 80.5. The predicted molar refractivity (Wildman–Crippen MR) is 142 cm³/mol. The summed E-state index contributed by atoms with van der Waals surface area (Å²) in [5.41, 5.74) is 0.00416. The molecule has 0 saturated carbocycles. The molecule has 0 spiro atoms. The van der Waals surface area contributed by atoms with Crippen molar-refractivity contribution in [2.75, 3.05) is 26.2 Å². The maximum absolute atomic E-state index is 13.5. The van der Waals surface area contributed by atoms with Gasteiger partial charge in [-0.05, 0) is 47.2 Å². The van der Waals surface area contributed by atoms with E-state index in [1.165, 1.54) is 12.1 Å². The van der Waals surface area contributed by atoms with Crippen molar-refractivity contribution in [1.29, 1.82) is 0 Å². The number of halogens is 6. The molecular weight excluding hydrogens is 530 g/mol. The summed E-state index contributed by atoms with van der Waals surface area (Å²) in [7, 11) is 0. The molecule has 0 N–H and O–H groups in total. The van der Waals surface area contributed by atoms with Crippen LogP contribution < -0.4 is 0 Å². The Balaban J connectivity index is 1.64. The number of amides is 1. The molecular formula is C31H32F6N2O. The summed E-state index contributed by atoms with van der Waals surface area (Å²) in [6.07, 6.45) is -8.98. The number of rotatable bonds is 8. The Hall–Kier alpha value is -3.33. The summed E-state index contributed by atoms with van der Waals surface area (Å²) in [5.74, 6) is -0.567.